The van der Waals surface area contributed by atoms with Crippen molar-refractivity contribution in [2.24, 2.45) is 5.92 Å². The summed E-state index contributed by atoms with van der Waals surface area (Å²) < 4.78 is 37.0. The first-order chi connectivity index (χ1) is 9.69. The molecular formula is C13H23F3N2O3. The standard InChI is InChI=1S/C13H23F3N2O3/c1-3-5-6-10(4-2)7-17-12(21)18(8-11(19)20)9-13(14,15)16/h10H,3-9H2,1-2H3,(H,17,21)(H,19,20). The molecule has 0 rings (SSSR count). The molecule has 8 heteroatoms. The summed E-state index contributed by atoms with van der Waals surface area (Å²) in [6, 6.07) is -0.996. The number of alkyl halides is 3. The van der Waals surface area contributed by atoms with Gasteiger partial charge in [0.25, 0.3) is 0 Å². The SMILES string of the molecule is CCCCC(CC)CNC(=O)N(CC(=O)O)CC(F)(F)F. The molecule has 124 valence electrons. The summed E-state index contributed by atoms with van der Waals surface area (Å²) in [4.78, 5) is 22.5. The van der Waals surface area contributed by atoms with Crippen molar-refractivity contribution >= 4 is 12.0 Å². The predicted molar refractivity (Wildman–Crippen MR) is 72.0 cm³/mol. The molecule has 0 fully saturated rings. The molecule has 5 nitrogen and oxygen atoms in total. The maximum atomic E-state index is 12.3. The summed E-state index contributed by atoms with van der Waals surface area (Å²) in [6.07, 6.45) is -0.956. The lowest BCUT2D eigenvalue weighted by atomic mass is 9.99. The Balaban J connectivity index is 4.48. The smallest absolute Gasteiger partial charge is 0.406 e. The maximum Gasteiger partial charge on any atom is 0.406 e. The number of carboxylic acid groups (broad SMARTS) is 1. The van der Waals surface area contributed by atoms with Gasteiger partial charge in [-0.05, 0) is 12.3 Å². The number of nitrogens with one attached hydrogen (secondary N) is 1. The second-order valence-corrected chi connectivity index (χ2v) is 4.97. The first kappa shape index (κ1) is 19.5. The van der Waals surface area contributed by atoms with Crippen molar-refractivity contribution in [1.29, 1.82) is 0 Å². The molecule has 0 saturated heterocycles. The summed E-state index contributed by atoms with van der Waals surface area (Å²) in [5, 5.41) is 11.0. The third-order valence-corrected chi connectivity index (χ3v) is 3.07. The van der Waals surface area contributed by atoms with Crippen molar-refractivity contribution in [3.05, 3.63) is 0 Å². The minimum absolute atomic E-state index is 0.187. The molecule has 2 N–H and O–H groups in total. The predicted octanol–water partition coefficient (Wildman–Crippen LogP) is 2.86. The van der Waals surface area contributed by atoms with Gasteiger partial charge in [-0.3, -0.25) is 4.79 Å². The highest BCUT2D eigenvalue weighted by Crippen LogP contribution is 2.17. The van der Waals surface area contributed by atoms with E-state index in [4.69, 9.17) is 5.11 Å². The van der Waals surface area contributed by atoms with Gasteiger partial charge in [-0.2, -0.15) is 13.2 Å². The van der Waals surface area contributed by atoms with Crippen LogP contribution in [0.3, 0.4) is 0 Å². The van der Waals surface area contributed by atoms with Crippen LogP contribution in [0.1, 0.15) is 39.5 Å². The van der Waals surface area contributed by atoms with Gasteiger partial charge in [0.1, 0.15) is 13.1 Å². The summed E-state index contributed by atoms with van der Waals surface area (Å²) in [5.74, 6) is -1.29. The lowest BCUT2D eigenvalue weighted by molar-refractivity contribution is -0.148. The van der Waals surface area contributed by atoms with Gasteiger partial charge in [0.2, 0.25) is 0 Å². The molecule has 0 aromatic carbocycles. The van der Waals surface area contributed by atoms with E-state index in [-0.39, 0.29) is 17.4 Å². The molecule has 1 unspecified atom stereocenters. The zero-order valence-corrected chi connectivity index (χ0v) is 12.4. The van der Waals surface area contributed by atoms with E-state index in [2.05, 4.69) is 5.32 Å². The van der Waals surface area contributed by atoms with Gasteiger partial charge in [-0.1, -0.05) is 33.1 Å². The number of nitrogens with zero attached hydrogens (tertiary/aromatic N) is 1. The number of halogens is 3. The van der Waals surface area contributed by atoms with Crippen molar-refractivity contribution in [3.63, 3.8) is 0 Å². The van der Waals surface area contributed by atoms with Gasteiger partial charge in [0.15, 0.2) is 0 Å². The molecule has 0 aliphatic carbocycles. The normalized spacial score (nSPS) is 12.8. The summed E-state index contributed by atoms with van der Waals surface area (Å²) >= 11 is 0. The van der Waals surface area contributed by atoms with Crippen molar-refractivity contribution in [2.45, 2.75) is 45.7 Å². The van der Waals surface area contributed by atoms with E-state index in [1.807, 2.05) is 13.8 Å². The molecule has 21 heavy (non-hydrogen) atoms. The van der Waals surface area contributed by atoms with Crippen molar-refractivity contribution in [3.8, 4) is 0 Å². The Kier molecular flexibility index (Phi) is 8.80. The van der Waals surface area contributed by atoms with Crippen LogP contribution in [0.25, 0.3) is 0 Å². The second kappa shape index (κ2) is 9.46. The number of carbonyl (C=O) groups is 2. The van der Waals surface area contributed by atoms with E-state index in [0.717, 1.165) is 25.7 Å². The van der Waals surface area contributed by atoms with Crippen molar-refractivity contribution in [1.82, 2.24) is 10.2 Å². The van der Waals surface area contributed by atoms with Gasteiger partial charge < -0.3 is 15.3 Å². The molecule has 0 aromatic rings. The lowest BCUT2D eigenvalue weighted by Gasteiger charge is -2.24. The minimum atomic E-state index is -4.63. The van der Waals surface area contributed by atoms with E-state index < -0.39 is 31.3 Å². The highest BCUT2D eigenvalue weighted by Gasteiger charge is 2.34. The lowest BCUT2D eigenvalue weighted by Crippen LogP contribution is -2.48. The molecule has 0 bridgehead atoms. The van der Waals surface area contributed by atoms with Gasteiger partial charge in [0, 0.05) is 6.54 Å². The Hall–Kier alpha value is -1.47. The van der Waals surface area contributed by atoms with Crippen LogP contribution in [0.4, 0.5) is 18.0 Å². The fourth-order valence-corrected chi connectivity index (χ4v) is 1.87. The first-order valence-electron chi connectivity index (χ1n) is 7.00. The monoisotopic (exact) mass is 312 g/mol. The number of aliphatic carboxylic acids is 1. The number of carboxylic acids is 1. The fourth-order valence-electron chi connectivity index (χ4n) is 1.87. The molecule has 1 atom stereocenters. The van der Waals surface area contributed by atoms with E-state index in [9.17, 15) is 22.8 Å². The summed E-state index contributed by atoms with van der Waals surface area (Å²) in [5.41, 5.74) is 0. The zero-order chi connectivity index (χ0) is 16.5. The Morgan fingerprint density at radius 3 is 2.33 bits per heavy atom. The largest absolute Gasteiger partial charge is 0.480 e. The molecule has 0 heterocycles. The van der Waals surface area contributed by atoms with Gasteiger partial charge >= 0.3 is 18.2 Å². The molecular weight excluding hydrogens is 289 g/mol. The van der Waals surface area contributed by atoms with Crippen LogP contribution in [0.2, 0.25) is 0 Å². The molecule has 2 amide bonds. The molecule has 0 aromatic heterocycles. The Morgan fingerprint density at radius 2 is 1.90 bits per heavy atom. The van der Waals surface area contributed by atoms with Gasteiger partial charge in [0.05, 0.1) is 0 Å². The van der Waals surface area contributed by atoms with Crippen molar-refractivity contribution in [2.75, 3.05) is 19.6 Å². The zero-order valence-electron chi connectivity index (χ0n) is 12.4. The highest BCUT2D eigenvalue weighted by atomic mass is 19.4. The molecule has 0 saturated carbocycles. The molecule has 0 aliphatic rings. The Bertz CT molecular complexity index is 335. The van der Waals surface area contributed by atoms with E-state index in [0.29, 0.717) is 0 Å². The van der Waals surface area contributed by atoms with Crippen LogP contribution in [-0.4, -0.2) is 47.8 Å². The number of hydrogen-bond donors (Lipinski definition) is 2. The number of amides is 2. The van der Waals surface area contributed by atoms with E-state index in [1.165, 1.54) is 0 Å². The minimum Gasteiger partial charge on any atom is -0.480 e. The van der Waals surface area contributed by atoms with Gasteiger partial charge in [-0.25, -0.2) is 4.79 Å². The summed E-state index contributed by atoms with van der Waals surface area (Å²) in [7, 11) is 0. The van der Waals surface area contributed by atoms with Crippen LogP contribution >= 0.6 is 0 Å². The quantitative estimate of drug-likeness (QED) is 0.688. The molecule has 0 radical (unpaired) electrons. The number of urea groups is 1. The second-order valence-electron chi connectivity index (χ2n) is 4.97. The van der Waals surface area contributed by atoms with Gasteiger partial charge in [-0.15, -0.1) is 0 Å². The Labute approximate surface area is 122 Å². The van der Waals surface area contributed by atoms with Crippen LogP contribution in [0.5, 0.6) is 0 Å². The molecule has 0 spiro atoms. The third-order valence-electron chi connectivity index (χ3n) is 3.07. The average Bonchev–Trinajstić information content (AvgIpc) is 2.35. The highest BCUT2D eigenvalue weighted by molar-refractivity contribution is 5.80. The first-order valence-corrected chi connectivity index (χ1v) is 7.00. The van der Waals surface area contributed by atoms with Crippen LogP contribution in [0.15, 0.2) is 0 Å². The Morgan fingerprint density at radius 1 is 1.29 bits per heavy atom. The maximum absolute atomic E-state index is 12.3. The van der Waals surface area contributed by atoms with E-state index >= 15 is 0 Å². The fraction of sp³-hybridized carbons (Fsp3) is 0.846. The van der Waals surface area contributed by atoms with Crippen LogP contribution in [-0.2, 0) is 4.79 Å². The number of hydrogen-bond acceptors (Lipinski definition) is 2. The van der Waals surface area contributed by atoms with E-state index in [1.54, 1.807) is 0 Å². The number of carbonyl (C=O) groups excluding carboxylic acids is 1. The van der Waals surface area contributed by atoms with Crippen LogP contribution < -0.4 is 5.32 Å². The van der Waals surface area contributed by atoms with Crippen molar-refractivity contribution < 1.29 is 27.9 Å². The molecule has 0 aliphatic heterocycles. The third kappa shape index (κ3) is 9.97. The number of unbranched alkanes of at least 4 members (excludes halogenated alkanes) is 1. The average molecular weight is 312 g/mol. The topological polar surface area (TPSA) is 69.6 Å². The number of rotatable bonds is 9. The van der Waals surface area contributed by atoms with Crippen LogP contribution in [0, 0.1) is 5.92 Å². The summed E-state index contributed by atoms with van der Waals surface area (Å²) in [6.45, 7) is 1.68.